The van der Waals surface area contributed by atoms with E-state index < -0.39 is 11.7 Å². The minimum Gasteiger partial charge on any atom is -0.587 e. The van der Waals surface area contributed by atoms with E-state index in [2.05, 4.69) is 10.5 Å². The van der Waals surface area contributed by atoms with Crippen LogP contribution in [0.25, 0.3) is 5.48 Å². The summed E-state index contributed by atoms with van der Waals surface area (Å²) in [4.78, 5) is 9.20. The number of ether oxygens (including phenoxy) is 1. The molecule has 9 heteroatoms. The Hall–Kier alpha value is -0.844. The minimum atomic E-state index is -4.41. The molecule has 0 bridgehead atoms. The van der Waals surface area contributed by atoms with E-state index >= 15 is 0 Å². The van der Waals surface area contributed by atoms with E-state index in [1.54, 1.807) is 12.1 Å². The SMILES string of the molecule is Oc1ccc(O[N-]C2CCC(Oc3cc(C(F)(F)F)ccn3)CC2)cc1.[K+]. The Balaban J connectivity index is 0.00000261. The third-order valence-corrected chi connectivity index (χ3v) is 4.14. The van der Waals surface area contributed by atoms with Crippen molar-refractivity contribution in [2.45, 2.75) is 44.0 Å². The summed E-state index contributed by atoms with van der Waals surface area (Å²) < 4.78 is 43.8. The molecule has 1 aliphatic rings. The van der Waals surface area contributed by atoms with Gasteiger partial charge in [-0.1, -0.05) is 12.8 Å². The zero-order valence-corrected chi connectivity index (χ0v) is 17.9. The molecule has 27 heavy (non-hydrogen) atoms. The van der Waals surface area contributed by atoms with E-state index in [-0.39, 0.29) is 75.2 Å². The van der Waals surface area contributed by atoms with Crippen molar-refractivity contribution in [3.05, 3.63) is 53.6 Å². The number of aromatic nitrogens is 1. The number of halogens is 3. The first-order chi connectivity index (χ1) is 12.4. The van der Waals surface area contributed by atoms with E-state index in [0.29, 0.717) is 31.4 Å². The molecule has 2 aromatic rings. The van der Waals surface area contributed by atoms with E-state index in [0.717, 1.165) is 18.3 Å². The monoisotopic (exact) mass is 406 g/mol. The average Bonchev–Trinajstić information content (AvgIpc) is 2.62. The van der Waals surface area contributed by atoms with Crippen LogP contribution in [0.3, 0.4) is 0 Å². The molecule has 0 unspecified atom stereocenters. The maximum Gasteiger partial charge on any atom is 1.00 e. The van der Waals surface area contributed by atoms with Gasteiger partial charge in [-0.15, -0.1) is 6.04 Å². The van der Waals surface area contributed by atoms with Crippen molar-refractivity contribution < 1.29 is 79.2 Å². The van der Waals surface area contributed by atoms with Crippen LogP contribution in [-0.4, -0.2) is 22.2 Å². The number of phenolic OH excluding ortho intramolecular Hbond substituents is 1. The molecular weight excluding hydrogens is 388 g/mol. The van der Waals surface area contributed by atoms with Crippen LogP contribution in [0.4, 0.5) is 13.2 Å². The molecule has 1 aliphatic carbocycles. The van der Waals surface area contributed by atoms with Gasteiger partial charge in [0.25, 0.3) is 0 Å². The van der Waals surface area contributed by atoms with Crippen LogP contribution >= 0.6 is 0 Å². The van der Waals surface area contributed by atoms with Crippen LogP contribution in [0.2, 0.25) is 0 Å². The molecule has 1 heterocycles. The Bertz CT molecular complexity index is 721. The number of aromatic hydroxyl groups is 1. The number of hydrogen-bond acceptors (Lipinski definition) is 4. The largest absolute Gasteiger partial charge is 1.00 e. The molecular formula is C18H18F3KN2O3. The van der Waals surface area contributed by atoms with Crippen molar-refractivity contribution in [2.75, 3.05) is 0 Å². The molecule has 1 N–H and O–H groups in total. The second kappa shape index (κ2) is 10.1. The Morgan fingerprint density at radius 3 is 2.33 bits per heavy atom. The summed E-state index contributed by atoms with van der Waals surface area (Å²) in [5.41, 5.74) is 3.40. The van der Waals surface area contributed by atoms with Gasteiger partial charge in [-0.3, -0.25) is 0 Å². The maximum absolute atomic E-state index is 12.7. The molecule has 1 aromatic heterocycles. The van der Waals surface area contributed by atoms with Gasteiger partial charge in [-0.2, -0.15) is 13.2 Å². The summed E-state index contributed by atoms with van der Waals surface area (Å²) >= 11 is 0. The summed E-state index contributed by atoms with van der Waals surface area (Å²) in [5.74, 6) is 0.674. The predicted octanol–water partition coefficient (Wildman–Crippen LogP) is 1.87. The molecule has 0 spiro atoms. The summed E-state index contributed by atoms with van der Waals surface area (Å²) in [6, 6.07) is 8.10. The van der Waals surface area contributed by atoms with Crippen LogP contribution in [0.5, 0.6) is 17.4 Å². The van der Waals surface area contributed by atoms with Crippen molar-refractivity contribution in [1.82, 2.24) is 4.98 Å². The fourth-order valence-electron chi connectivity index (χ4n) is 2.73. The average molecular weight is 406 g/mol. The third kappa shape index (κ3) is 6.92. The second-order valence-corrected chi connectivity index (χ2v) is 6.12. The van der Waals surface area contributed by atoms with Gasteiger partial charge in [0.15, 0.2) is 0 Å². The Kier molecular flexibility index (Phi) is 8.38. The summed E-state index contributed by atoms with van der Waals surface area (Å²) in [6.45, 7) is 0. The Labute approximate surface area is 197 Å². The Morgan fingerprint density at radius 1 is 1.04 bits per heavy atom. The van der Waals surface area contributed by atoms with Gasteiger partial charge in [-0.05, 0) is 43.2 Å². The van der Waals surface area contributed by atoms with Crippen LogP contribution in [-0.2, 0) is 6.18 Å². The molecule has 3 rings (SSSR count). The quantitative estimate of drug-likeness (QED) is 0.608. The molecule has 1 aromatic carbocycles. The van der Waals surface area contributed by atoms with Gasteiger partial charge in [0.05, 0.1) is 5.56 Å². The smallest absolute Gasteiger partial charge is 0.587 e. The van der Waals surface area contributed by atoms with Gasteiger partial charge in [-0.25, -0.2) is 4.98 Å². The van der Waals surface area contributed by atoms with Crippen LogP contribution in [0.15, 0.2) is 42.6 Å². The number of nitrogens with zero attached hydrogens (tertiary/aromatic N) is 2. The van der Waals surface area contributed by atoms with Gasteiger partial charge in [0, 0.05) is 12.3 Å². The molecule has 5 nitrogen and oxygen atoms in total. The zero-order chi connectivity index (χ0) is 18.6. The number of hydrogen-bond donors (Lipinski definition) is 1. The Morgan fingerprint density at radius 2 is 1.70 bits per heavy atom. The van der Waals surface area contributed by atoms with Crippen molar-refractivity contribution in [1.29, 1.82) is 0 Å². The van der Waals surface area contributed by atoms with Crippen molar-refractivity contribution in [3.8, 4) is 17.4 Å². The molecule has 0 atom stereocenters. The first-order valence-corrected chi connectivity index (χ1v) is 8.26. The normalized spacial score (nSPS) is 19.8. The molecule has 0 radical (unpaired) electrons. The fraction of sp³-hybridized carbons (Fsp3) is 0.389. The number of pyridine rings is 1. The van der Waals surface area contributed by atoms with Gasteiger partial charge in [0.1, 0.15) is 17.6 Å². The molecule has 1 fully saturated rings. The summed E-state index contributed by atoms with van der Waals surface area (Å²) in [7, 11) is 0. The first kappa shape index (κ1) is 22.4. The fourth-order valence-corrected chi connectivity index (χ4v) is 2.73. The summed E-state index contributed by atoms with van der Waals surface area (Å²) in [5, 5.41) is 9.22. The van der Waals surface area contributed by atoms with E-state index in [4.69, 9.17) is 9.57 Å². The van der Waals surface area contributed by atoms with E-state index in [9.17, 15) is 18.3 Å². The minimum absolute atomic E-state index is 0. The number of alkyl halides is 3. The van der Waals surface area contributed by atoms with Gasteiger partial charge >= 0.3 is 57.6 Å². The van der Waals surface area contributed by atoms with Gasteiger partial charge in [0.2, 0.25) is 5.88 Å². The van der Waals surface area contributed by atoms with Crippen molar-refractivity contribution in [2.24, 2.45) is 0 Å². The van der Waals surface area contributed by atoms with Crippen LogP contribution < -0.4 is 61.0 Å². The summed E-state index contributed by atoms with van der Waals surface area (Å²) in [6.07, 6.45) is -0.765. The van der Waals surface area contributed by atoms with E-state index in [1.165, 1.54) is 12.1 Å². The third-order valence-electron chi connectivity index (χ3n) is 4.14. The topological polar surface area (TPSA) is 65.7 Å². The van der Waals surface area contributed by atoms with Gasteiger partial charge < -0.3 is 20.2 Å². The van der Waals surface area contributed by atoms with Crippen molar-refractivity contribution in [3.63, 3.8) is 0 Å². The zero-order valence-electron chi connectivity index (χ0n) is 14.8. The number of rotatable bonds is 5. The molecule has 0 aliphatic heterocycles. The number of phenols is 1. The van der Waals surface area contributed by atoms with Crippen molar-refractivity contribution >= 4 is 0 Å². The molecule has 0 saturated heterocycles. The maximum atomic E-state index is 12.7. The second-order valence-electron chi connectivity index (χ2n) is 6.12. The van der Waals surface area contributed by atoms with Crippen LogP contribution in [0, 0.1) is 0 Å². The molecule has 1 saturated carbocycles. The standard InChI is InChI=1S/C18H18F3N2O3.K/c19-18(20,21)12-9-10-22-17(11-12)25-15-5-1-13(2-6-15)23-26-16-7-3-14(24)4-8-16;/h3-4,7-11,13,15,24H,1-2,5-6H2;/q-1;+1. The molecule has 140 valence electrons. The predicted molar refractivity (Wildman–Crippen MR) is 88.0 cm³/mol. The van der Waals surface area contributed by atoms with E-state index in [1.807, 2.05) is 0 Å². The number of hydroxylamine groups is 1. The molecule has 0 amide bonds. The first-order valence-electron chi connectivity index (χ1n) is 8.26. The van der Waals surface area contributed by atoms with Crippen LogP contribution in [0.1, 0.15) is 31.2 Å². The number of benzene rings is 1.